The molecule has 0 aliphatic carbocycles. The van der Waals surface area contributed by atoms with Gasteiger partial charge in [-0.3, -0.25) is 9.78 Å². The molecule has 0 aliphatic heterocycles. The predicted molar refractivity (Wildman–Crippen MR) is 95.3 cm³/mol. The van der Waals surface area contributed by atoms with Gasteiger partial charge in [-0.05, 0) is 24.6 Å². The van der Waals surface area contributed by atoms with E-state index in [1.165, 1.54) is 18.5 Å². The maximum atomic E-state index is 13.8. The number of carbonyl (C=O) groups is 1. The lowest BCUT2D eigenvalue weighted by molar-refractivity contribution is 0.0915. The average molecular weight is 351 g/mol. The van der Waals surface area contributed by atoms with E-state index in [0.717, 1.165) is 11.3 Å². The van der Waals surface area contributed by atoms with E-state index in [-0.39, 0.29) is 24.0 Å². The summed E-state index contributed by atoms with van der Waals surface area (Å²) in [6.07, 6.45) is 2.95. The summed E-state index contributed by atoms with van der Waals surface area (Å²) in [5, 5.41) is 2.87. The van der Waals surface area contributed by atoms with Gasteiger partial charge in [0.25, 0.3) is 5.91 Å². The summed E-state index contributed by atoms with van der Waals surface area (Å²) in [6.45, 7) is 1.87. The van der Waals surface area contributed by atoms with Gasteiger partial charge < -0.3 is 10.1 Å². The van der Waals surface area contributed by atoms with Gasteiger partial charge in [-0.1, -0.05) is 42.5 Å². The summed E-state index contributed by atoms with van der Waals surface area (Å²) in [5.74, 6) is -0.684. The highest BCUT2D eigenvalue weighted by Crippen LogP contribution is 2.19. The smallest absolute Gasteiger partial charge is 0.272 e. The molecule has 1 aromatic heterocycles. The second-order valence-electron chi connectivity index (χ2n) is 5.72. The van der Waals surface area contributed by atoms with Crippen molar-refractivity contribution in [3.05, 3.63) is 89.8 Å². The minimum Gasteiger partial charge on any atom is -0.488 e. The van der Waals surface area contributed by atoms with Crippen molar-refractivity contribution in [2.45, 2.75) is 13.0 Å². The van der Waals surface area contributed by atoms with Crippen LogP contribution in [0, 0.1) is 12.7 Å². The van der Waals surface area contributed by atoms with Crippen LogP contribution in [0.3, 0.4) is 0 Å². The quantitative estimate of drug-likeness (QED) is 0.738. The molecular formula is C20H18FN3O2. The van der Waals surface area contributed by atoms with Gasteiger partial charge in [0.05, 0.1) is 17.9 Å². The van der Waals surface area contributed by atoms with Crippen molar-refractivity contribution in [1.29, 1.82) is 0 Å². The Morgan fingerprint density at radius 2 is 1.81 bits per heavy atom. The topological polar surface area (TPSA) is 64.1 Å². The molecule has 26 heavy (non-hydrogen) atoms. The first-order valence-electron chi connectivity index (χ1n) is 8.15. The molecule has 1 unspecified atom stereocenters. The minimum absolute atomic E-state index is 0.0793. The Morgan fingerprint density at radius 1 is 1.08 bits per heavy atom. The second-order valence-corrected chi connectivity index (χ2v) is 5.72. The van der Waals surface area contributed by atoms with E-state index in [1.54, 1.807) is 25.1 Å². The van der Waals surface area contributed by atoms with Crippen LogP contribution < -0.4 is 10.1 Å². The lowest BCUT2D eigenvalue weighted by Crippen LogP contribution is -2.33. The Bertz CT molecular complexity index is 870. The first-order valence-corrected chi connectivity index (χ1v) is 8.15. The number of amides is 1. The predicted octanol–water partition coefficient (Wildman–Crippen LogP) is 3.47. The number of halogens is 1. The van der Waals surface area contributed by atoms with E-state index in [2.05, 4.69) is 15.3 Å². The fourth-order valence-electron chi connectivity index (χ4n) is 2.38. The SMILES string of the molecule is Cc1cnc(C(=O)NC(COc2ccccc2F)c2ccccc2)cn1. The van der Waals surface area contributed by atoms with Crippen LogP contribution in [-0.2, 0) is 0 Å². The first kappa shape index (κ1) is 17.5. The molecule has 0 spiro atoms. The third kappa shape index (κ3) is 4.42. The van der Waals surface area contributed by atoms with Crippen LogP contribution in [0.25, 0.3) is 0 Å². The van der Waals surface area contributed by atoms with Gasteiger partial charge in [-0.25, -0.2) is 9.37 Å². The van der Waals surface area contributed by atoms with Crippen molar-refractivity contribution < 1.29 is 13.9 Å². The zero-order chi connectivity index (χ0) is 18.4. The van der Waals surface area contributed by atoms with Crippen molar-refractivity contribution in [2.75, 3.05) is 6.61 Å². The molecule has 0 radical (unpaired) electrons. The summed E-state index contributed by atoms with van der Waals surface area (Å²) >= 11 is 0. The summed E-state index contributed by atoms with van der Waals surface area (Å²) in [6, 6.07) is 15.0. The molecule has 3 rings (SSSR count). The highest BCUT2D eigenvalue weighted by Gasteiger charge is 2.18. The summed E-state index contributed by atoms with van der Waals surface area (Å²) in [5.41, 5.74) is 1.78. The summed E-state index contributed by atoms with van der Waals surface area (Å²) in [7, 11) is 0. The summed E-state index contributed by atoms with van der Waals surface area (Å²) < 4.78 is 19.4. The maximum Gasteiger partial charge on any atom is 0.272 e. The largest absolute Gasteiger partial charge is 0.488 e. The fourth-order valence-corrected chi connectivity index (χ4v) is 2.38. The molecular weight excluding hydrogens is 333 g/mol. The van der Waals surface area contributed by atoms with E-state index in [1.807, 2.05) is 30.3 Å². The fraction of sp³-hybridized carbons (Fsp3) is 0.150. The highest BCUT2D eigenvalue weighted by atomic mass is 19.1. The number of benzene rings is 2. The number of nitrogens with zero attached hydrogens (tertiary/aromatic N) is 2. The van der Waals surface area contributed by atoms with Gasteiger partial charge in [0.1, 0.15) is 12.3 Å². The number of hydrogen-bond acceptors (Lipinski definition) is 4. The molecule has 0 saturated heterocycles. The number of ether oxygens (including phenoxy) is 1. The Hall–Kier alpha value is -3.28. The molecule has 0 saturated carbocycles. The van der Waals surface area contributed by atoms with Gasteiger partial charge in [-0.15, -0.1) is 0 Å². The maximum absolute atomic E-state index is 13.8. The van der Waals surface area contributed by atoms with E-state index >= 15 is 0 Å². The zero-order valence-electron chi connectivity index (χ0n) is 14.2. The molecule has 6 heteroatoms. The van der Waals surface area contributed by atoms with Crippen LogP contribution in [-0.4, -0.2) is 22.5 Å². The number of hydrogen-bond donors (Lipinski definition) is 1. The Labute approximate surface area is 150 Å². The van der Waals surface area contributed by atoms with Gasteiger partial charge >= 0.3 is 0 Å². The van der Waals surface area contributed by atoms with Crippen molar-refractivity contribution in [3.63, 3.8) is 0 Å². The van der Waals surface area contributed by atoms with Crippen LogP contribution in [0.5, 0.6) is 5.75 Å². The highest BCUT2D eigenvalue weighted by molar-refractivity contribution is 5.92. The lowest BCUT2D eigenvalue weighted by atomic mass is 10.1. The van der Waals surface area contributed by atoms with E-state index in [4.69, 9.17) is 4.74 Å². The normalized spacial score (nSPS) is 11.6. The molecule has 1 heterocycles. The third-order valence-corrected chi connectivity index (χ3v) is 3.76. The average Bonchev–Trinajstić information content (AvgIpc) is 2.67. The van der Waals surface area contributed by atoms with Crippen molar-refractivity contribution in [3.8, 4) is 5.75 Å². The molecule has 132 valence electrons. The van der Waals surface area contributed by atoms with Crippen LogP contribution in [0.2, 0.25) is 0 Å². The molecule has 0 bridgehead atoms. The van der Waals surface area contributed by atoms with E-state index in [0.29, 0.717) is 0 Å². The number of rotatable bonds is 6. The van der Waals surface area contributed by atoms with E-state index in [9.17, 15) is 9.18 Å². The van der Waals surface area contributed by atoms with Crippen LogP contribution in [0.1, 0.15) is 27.8 Å². The van der Waals surface area contributed by atoms with Crippen molar-refractivity contribution in [2.24, 2.45) is 0 Å². The summed E-state index contributed by atoms with van der Waals surface area (Å²) in [4.78, 5) is 20.6. The molecule has 1 atom stereocenters. The standard InChI is InChI=1S/C20H18FN3O2/c1-14-11-23-17(12-22-14)20(25)24-18(15-7-3-2-4-8-15)13-26-19-10-6-5-9-16(19)21/h2-12,18H,13H2,1H3,(H,24,25). The zero-order valence-corrected chi connectivity index (χ0v) is 14.2. The molecule has 2 aromatic carbocycles. The van der Waals surface area contributed by atoms with Gasteiger partial charge in [0.2, 0.25) is 0 Å². The van der Waals surface area contributed by atoms with E-state index < -0.39 is 11.9 Å². The molecule has 1 N–H and O–H groups in total. The second kappa shape index (κ2) is 8.20. The Morgan fingerprint density at radius 3 is 2.50 bits per heavy atom. The van der Waals surface area contributed by atoms with Gasteiger partial charge in [0, 0.05) is 6.20 Å². The van der Waals surface area contributed by atoms with Crippen LogP contribution in [0.15, 0.2) is 67.0 Å². The Balaban J connectivity index is 1.76. The number of aromatic nitrogens is 2. The molecule has 0 fully saturated rings. The monoisotopic (exact) mass is 351 g/mol. The minimum atomic E-state index is -0.466. The Kier molecular flexibility index (Phi) is 5.53. The van der Waals surface area contributed by atoms with Gasteiger partial charge in [0.15, 0.2) is 11.6 Å². The number of para-hydroxylation sites is 1. The van der Waals surface area contributed by atoms with Gasteiger partial charge in [-0.2, -0.15) is 0 Å². The first-order chi connectivity index (χ1) is 12.6. The molecule has 1 amide bonds. The van der Waals surface area contributed by atoms with Crippen LogP contribution in [0.4, 0.5) is 4.39 Å². The third-order valence-electron chi connectivity index (χ3n) is 3.76. The molecule has 5 nitrogen and oxygen atoms in total. The van der Waals surface area contributed by atoms with Crippen molar-refractivity contribution >= 4 is 5.91 Å². The lowest BCUT2D eigenvalue weighted by Gasteiger charge is -2.20. The van der Waals surface area contributed by atoms with Crippen LogP contribution >= 0.6 is 0 Å². The number of carbonyl (C=O) groups excluding carboxylic acids is 1. The van der Waals surface area contributed by atoms with Crippen molar-refractivity contribution in [1.82, 2.24) is 15.3 Å². The molecule has 0 aliphatic rings. The number of aryl methyl sites for hydroxylation is 1. The molecule has 3 aromatic rings. The number of nitrogens with one attached hydrogen (secondary N) is 1.